The molecule has 1 aromatic rings. The number of nitro benzene ring substituents is 1. The lowest BCUT2D eigenvalue weighted by Gasteiger charge is -2.15. The summed E-state index contributed by atoms with van der Waals surface area (Å²) in [5, 5.41) is 18.8. The van der Waals surface area contributed by atoms with E-state index in [0.717, 1.165) is 5.75 Å². The van der Waals surface area contributed by atoms with Crippen LogP contribution >= 0.6 is 11.8 Å². The Hall–Kier alpha value is -1.89. The highest BCUT2D eigenvalue weighted by atomic mass is 32.2. The number of carbonyl (C=O) groups excluding carboxylic acids is 1. The Bertz CT molecular complexity index is 518. The van der Waals surface area contributed by atoms with Gasteiger partial charge in [-0.2, -0.15) is 0 Å². The van der Waals surface area contributed by atoms with Crippen LogP contribution in [0.2, 0.25) is 0 Å². The SMILES string of the molecule is N=C1SCCN1CC(=O)c1ccccc1[N+](=O)[O-]. The molecular formula is C11H11N3O3S. The van der Waals surface area contributed by atoms with Crippen LogP contribution in [-0.2, 0) is 0 Å². The Balaban J connectivity index is 2.18. The van der Waals surface area contributed by atoms with E-state index in [4.69, 9.17) is 5.41 Å². The molecule has 18 heavy (non-hydrogen) atoms. The van der Waals surface area contributed by atoms with Crippen molar-refractivity contribution in [2.45, 2.75) is 0 Å². The van der Waals surface area contributed by atoms with Crippen molar-refractivity contribution >= 4 is 28.4 Å². The number of Topliss-reactive ketones (excluding diaryl/α,β-unsaturated/α-hetero) is 1. The van der Waals surface area contributed by atoms with Crippen molar-refractivity contribution in [3.63, 3.8) is 0 Å². The number of rotatable bonds is 4. The molecule has 0 saturated carbocycles. The molecule has 2 rings (SSSR count). The Labute approximate surface area is 108 Å². The second-order valence-electron chi connectivity index (χ2n) is 3.77. The van der Waals surface area contributed by atoms with Crippen LogP contribution in [0.25, 0.3) is 0 Å². The van der Waals surface area contributed by atoms with Gasteiger partial charge in [0, 0.05) is 18.4 Å². The van der Waals surface area contributed by atoms with E-state index >= 15 is 0 Å². The highest BCUT2D eigenvalue weighted by Gasteiger charge is 2.24. The number of ketones is 1. The third kappa shape index (κ3) is 2.51. The number of carbonyl (C=O) groups is 1. The van der Waals surface area contributed by atoms with Crippen molar-refractivity contribution in [3.8, 4) is 0 Å². The van der Waals surface area contributed by atoms with Gasteiger partial charge < -0.3 is 4.90 Å². The Morgan fingerprint density at radius 1 is 1.50 bits per heavy atom. The maximum Gasteiger partial charge on any atom is 0.280 e. The molecule has 94 valence electrons. The summed E-state index contributed by atoms with van der Waals surface area (Å²) in [6.45, 7) is 0.659. The summed E-state index contributed by atoms with van der Waals surface area (Å²) in [5.41, 5.74) is -0.0759. The number of nitro groups is 1. The molecule has 1 aliphatic heterocycles. The first kappa shape index (κ1) is 12.6. The Morgan fingerprint density at radius 2 is 2.22 bits per heavy atom. The van der Waals surface area contributed by atoms with Crippen LogP contribution < -0.4 is 0 Å². The predicted molar refractivity (Wildman–Crippen MR) is 69.2 cm³/mol. The average molecular weight is 265 g/mol. The van der Waals surface area contributed by atoms with Crippen molar-refractivity contribution in [3.05, 3.63) is 39.9 Å². The van der Waals surface area contributed by atoms with Gasteiger partial charge in [-0.1, -0.05) is 23.9 Å². The van der Waals surface area contributed by atoms with Gasteiger partial charge in [-0.25, -0.2) is 0 Å². The van der Waals surface area contributed by atoms with E-state index in [2.05, 4.69) is 0 Å². The van der Waals surface area contributed by atoms with Crippen LogP contribution in [0.5, 0.6) is 0 Å². The number of para-hydroxylation sites is 1. The van der Waals surface area contributed by atoms with Gasteiger partial charge in [0.1, 0.15) is 0 Å². The first-order chi connectivity index (χ1) is 8.59. The van der Waals surface area contributed by atoms with Crippen LogP contribution in [0.1, 0.15) is 10.4 Å². The van der Waals surface area contributed by atoms with E-state index in [-0.39, 0.29) is 23.6 Å². The molecule has 0 bridgehead atoms. The van der Waals surface area contributed by atoms with E-state index in [0.29, 0.717) is 11.7 Å². The Kier molecular flexibility index (Phi) is 3.61. The summed E-state index contributed by atoms with van der Waals surface area (Å²) >= 11 is 1.38. The van der Waals surface area contributed by atoms with Gasteiger partial charge in [-0.3, -0.25) is 20.3 Å². The summed E-state index contributed by atoms with van der Waals surface area (Å²) in [6, 6.07) is 5.90. The quantitative estimate of drug-likeness (QED) is 0.509. The molecule has 0 aromatic heterocycles. The van der Waals surface area contributed by atoms with Crippen LogP contribution in [0, 0.1) is 15.5 Å². The number of thioether (sulfide) groups is 1. The summed E-state index contributed by atoms with van der Waals surface area (Å²) in [6.07, 6.45) is 0. The molecule has 7 heteroatoms. The second kappa shape index (κ2) is 5.18. The predicted octanol–water partition coefficient (Wildman–Crippen LogP) is 1.76. The normalized spacial score (nSPS) is 14.9. The van der Waals surface area contributed by atoms with Gasteiger partial charge in [0.2, 0.25) is 0 Å². The third-order valence-electron chi connectivity index (χ3n) is 2.62. The minimum absolute atomic E-state index is 0.0245. The molecule has 0 unspecified atom stereocenters. The van der Waals surface area contributed by atoms with E-state index in [1.165, 1.54) is 30.0 Å². The minimum atomic E-state index is -0.558. The molecular weight excluding hydrogens is 254 g/mol. The molecule has 0 aliphatic carbocycles. The molecule has 6 nitrogen and oxygen atoms in total. The highest BCUT2D eigenvalue weighted by Crippen LogP contribution is 2.21. The lowest BCUT2D eigenvalue weighted by molar-refractivity contribution is -0.385. The van der Waals surface area contributed by atoms with Crippen LogP contribution in [0.4, 0.5) is 5.69 Å². The zero-order chi connectivity index (χ0) is 13.1. The van der Waals surface area contributed by atoms with Gasteiger partial charge in [0.05, 0.1) is 17.0 Å². The van der Waals surface area contributed by atoms with Gasteiger partial charge in [-0.15, -0.1) is 0 Å². The number of nitrogens with one attached hydrogen (secondary N) is 1. The van der Waals surface area contributed by atoms with Crippen molar-refractivity contribution < 1.29 is 9.72 Å². The lowest BCUT2D eigenvalue weighted by atomic mass is 10.1. The number of hydrogen-bond donors (Lipinski definition) is 1. The maximum atomic E-state index is 12.0. The van der Waals surface area contributed by atoms with Crippen LogP contribution in [0.3, 0.4) is 0 Å². The molecule has 1 N–H and O–H groups in total. The molecule has 1 aliphatic rings. The maximum absolute atomic E-state index is 12.0. The fourth-order valence-corrected chi connectivity index (χ4v) is 2.57. The van der Waals surface area contributed by atoms with Crippen molar-refractivity contribution in [2.24, 2.45) is 0 Å². The standard InChI is InChI=1S/C11H11N3O3S/c12-11-13(5-6-18-11)7-10(15)8-3-1-2-4-9(8)14(16)17/h1-4,12H,5-7H2. The highest BCUT2D eigenvalue weighted by molar-refractivity contribution is 8.14. The largest absolute Gasteiger partial charge is 0.343 e. The lowest BCUT2D eigenvalue weighted by Crippen LogP contribution is -2.30. The number of nitrogens with zero attached hydrogens (tertiary/aromatic N) is 2. The van der Waals surface area contributed by atoms with Crippen molar-refractivity contribution in [1.82, 2.24) is 4.90 Å². The molecule has 0 radical (unpaired) electrons. The van der Waals surface area contributed by atoms with Gasteiger partial charge in [0.25, 0.3) is 5.69 Å². The molecule has 0 amide bonds. The van der Waals surface area contributed by atoms with Crippen LogP contribution in [0.15, 0.2) is 24.3 Å². The zero-order valence-electron chi connectivity index (χ0n) is 9.46. The molecule has 0 spiro atoms. The molecule has 0 atom stereocenters. The third-order valence-corrected chi connectivity index (χ3v) is 3.54. The van der Waals surface area contributed by atoms with Crippen molar-refractivity contribution in [2.75, 3.05) is 18.8 Å². The number of hydrogen-bond acceptors (Lipinski definition) is 5. The van der Waals surface area contributed by atoms with E-state index in [1.54, 1.807) is 11.0 Å². The van der Waals surface area contributed by atoms with Gasteiger partial charge in [0.15, 0.2) is 11.0 Å². The van der Waals surface area contributed by atoms with Crippen molar-refractivity contribution in [1.29, 1.82) is 5.41 Å². The average Bonchev–Trinajstić information content (AvgIpc) is 2.75. The van der Waals surface area contributed by atoms with E-state index in [1.807, 2.05) is 0 Å². The molecule has 1 aromatic carbocycles. The monoisotopic (exact) mass is 265 g/mol. The smallest absolute Gasteiger partial charge is 0.280 e. The molecule has 1 heterocycles. The van der Waals surface area contributed by atoms with E-state index in [9.17, 15) is 14.9 Å². The molecule has 1 fully saturated rings. The summed E-state index contributed by atoms with van der Waals surface area (Å²) < 4.78 is 0. The van der Waals surface area contributed by atoms with Gasteiger partial charge in [-0.05, 0) is 6.07 Å². The van der Waals surface area contributed by atoms with E-state index < -0.39 is 4.92 Å². The fourth-order valence-electron chi connectivity index (χ4n) is 1.72. The zero-order valence-corrected chi connectivity index (χ0v) is 10.3. The summed E-state index contributed by atoms with van der Waals surface area (Å²) in [4.78, 5) is 23.9. The topological polar surface area (TPSA) is 87.3 Å². The van der Waals surface area contributed by atoms with Gasteiger partial charge >= 0.3 is 0 Å². The summed E-state index contributed by atoms with van der Waals surface area (Å²) in [5.74, 6) is 0.456. The number of benzene rings is 1. The molecule has 1 saturated heterocycles. The summed E-state index contributed by atoms with van der Waals surface area (Å²) in [7, 11) is 0. The second-order valence-corrected chi connectivity index (χ2v) is 4.86. The minimum Gasteiger partial charge on any atom is -0.343 e. The first-order valence-electron chi connectivity index (χ1n) is 5.32. The fraction of sp³-hybridized carbons (Fsp3) is 0.273. The first-order valence-corrected chi connectivity index (χ1v) is 6.31. The Morgan fingerprint density at radius 3 is 2.83 bits per heavy atom. The number of amidine groups is 1. The van der Waals surface area contributed by atoms with Crippen LogP contribution in [-0.4, -0.2) is 39.6 Å².